The molecule has 3 heterocycles. The van der Waals surface area contributed by atoms with Gasteiger partial charge in [0.05, 0.1) is 24.4 Å². The number of carbonyl (C=O) groups excluding carboxylic acids is 1. The van der Waals surface area contributed by atoms with Gasteiger partial charge >= 0.3 is 5.97 Å². The van der Waals surface area contributed by atoms with Crippen LogP contribution in [0.3, 0.4) is 0 Å². The third-order valence-corrected chi connectivity index (χ3v) is 3.66. The van der Waals surface area contributed by atoms with Crippen molar-refractivity contribution < 1.29 is 9.53 Å². The molecule has 1 atom stereocenters. The van der Waals surface area contributed by atoms with E-state index in [2.05, 4.69) is 10.3 Å². The number of hydrogen-bond acceptors (Lipinski definition) is 4. The van der Waals surface area contributed by atoms with E-state index in [-0.39, 0.29) is 5.97 Å². The maximum Gasteiger partial charge on any atom is 0.339 e. The summed E-state index contributed by atoms with van der Waals surface area (Å²) < 4.78 is 6.74. The number of imidazole rings is 1. The third kappa shape index (κ3) is 2.33. The SMILES string of the molecule is COC(=O)c1ccc2cnc(CC3CCNC3)n2c1. The minimum Gasteiger partial charge on any atom is -0.465 e. The van der Waals surface area contributed by atoms with Gasteiger partial charge in [-0.3, -0.25) is 0 Å². The molecule has 1 fully saturated rings. The predicted molar refractivity (Wildman–Crippen MR) is 71.2 cm³/mol. The van der Waals surface area contributed by atoms with Crippen molar-refractivity contribution in [2.24, 2.45) is 5.92 Å². The number of nitrogens with zero attached hydrogens (tertiary/aromatic N) is 2. The van der Waals surface area contributed by atoms with Crippen LogP contribution >= 0.6 is 0 Å². The first kappa shape index (κ1) is 12.2. The monoisotopic (exact) mass is 259 g/mol. The molecular weight excluding hydrogens is 242 g/mol. The van der Waals surface area contributed by atoms with Gasteiger partial charge in [-0.1, -0.05) is 0 Å². The molecule has 0 spiro atoms. The summed E-state index contributed by atoms with van der Waals surface area (Å²) in [4.78, 5) is 16.0. The number of esters is 1. The van der Waals surface area contributed by atoms with Crippen LogP contribution in [0.25, 0.3) is 5.52 Å². The molecule has 100 valence electrons. The highest BCUT2D eigenvalue weighted by Crippen LogP contribution is 2.17. The number of pyridine rings is 1. The molecule has 1 saturated heterocycles. The zero-order chi connectivity index (χ0) is 13.2. The molecule has 0 aliphatic carbocycles. The fourth-order valence-corrected chi connectivity index (χ4v) is 2.58. The Morgan fingerprint density at radius 2 is 2.47 bits per heavy atom. The highest BCUT2D eigenvalue weighted by atomic mass is 16.5. The van der Waals surface area contributed by atoms with Crippen LogP contribution < -0.4 is 5.32 Å². The summed E-state index contributed by atoms with van der Waals surface area (Å²) in [5, 5.41) is 3.36. The fourth-order valence-electron chi connectivity index (χ4n) is 2.58. The lowest BCUT2D eigenvalue weighted by Crippen LogP contribution is -2.12. The highest BCUT2D eigenvalue weighted by molar-refractivity contribution is 5.89. The van der Waals surface area contributed by atoms with Crippen molar-refractivity contribution in [1.29, 1.82) is 0 Å². The Morgan fingerprint density at radius 3 is 3.21 bits per heavy atom. The second kappa shape index (κ2) is 5.01. The second-order valence-corrected chi connectivity index (χ2v) is 4.94. The van der Waals surface area contributed by atoms with Crippen molar-refractivity contribution in [2.45, 2.75) is 12.8 Å². The van der Waals surface area contributed by atoms with Gasteiger partial charge in [-0.15, -0.1) is 0 Å². The Bertz CT molecular complexity index is 600. The Morgan fingerprint density at radius 1 is 1.58 bits per heavy atom. The van der Waals surface area contributed by atoms with Crippen molar-refractivity contribution in [3.8, 4) is 0 Å². The van der Waals surface area contributed by atoms with E-state index < -0.39 is 0 Å². The van der Waals surface area contributed by atoms with E-state index in [1.54, 1.807) is 6.07 Å². The van der Waals surface area contributed by atoms with Crippen LogP contribution in [0.15, 0.2) is 24.5 Å². The number of fused-ring (bicyclic) bond motifs is 1. The molecule has 0 aromatic carbocycles. The van der Waals surface area contributed by atoms with Crippen LogP contribution in [0.5, 0.6) is 0 Å². The van der Waals surface area contributed by atoms with Gasteiger partial charge < -0.3 is 14.5 Å². The molecule has 1 N–H and O–H groups in total. The summed E-state index contributed by atoms with van der Waals surface area (Å²) in [5.41, 5.74) is 1.56. The van der Waals surface area contributed by atoms with Gasteiger partial charge in [0.1, 0.15) is 5.82 Å². The lowest BCUT2D eigenvalue weighted by Gasteiger charge is -2.08. The van der Waals surface area contributed by atoms with Gasteiger partial charge in [0.2, 0.25) is 0 Å². The van der Waals surface area contributed by atoms with Crippen LogP contribution in [0.4, 0.5) is 0 Å². The molecule has 1 aliphatic rings. The smallest absolute Gasteiger partial charge is 0.339 e. The highest BCUT2D eigenvalue weighted by Gasteiger charge is 2.18. The van der Waals surface area contributed by atoms with Crippen LogP contribution in [0, 0.1) is 5.92 Å². The van der Waals surface area contributed by atoms with Crippen molar-refractivity contribution in [1.82, 2.24) is 14.7 Å². The molecule has 2 aromatic rings. The van der Waals surface area contributed by atoms with Crippen LogP contribution in [-0.4, -0.2) is 35.6 Å². The third-order valence-electron chi connectivity index (χ3n) is 3.66. The first-order valence-electron chi connectivity index (χ1n) is 6.53. The molecule has 0 saturated carbocycles. The summed E-state index contributed by atoms with van der Waals surface area (Å²) in [6, 6.07) is 3.67. The molecule has 0 bridgehead atoms. The van der Waals surface area contributed by atoms with E-state index in [4.69, 9.17) is 4.74 Å². The molecule has 0 radical (unpaired) electrons. The molecule has 19 heavy (non-hydrogen) atoms. The lowest BCUT2D eigenvalue weighted by molar-refractivity contribution is 0.0600. The Hall–Kier alpha value is -1.88. The Labute approximate surface area is 111 Å². The summed E-state index contributed by atoms with van der Waals surface area (Å²) in [6.45, 7) is 2.13. The number of ether oxygens (including phenoxy) is 1. The number of rotatable bonds is 3. The van der Waals surface area contributed by atoms with Gasteiger partial charge in [0.25, 0.3) is 0 Å². The first-order valence-corrected chi connectivity index (χ1v) is 6.53. The maximum absolute atomic E-state index is 11.6. The van der Waals surface area contributed by atoms with E-state index in [0.29, 0.717) is 11.5 Å². The van der Waals surface area contributed by atoms with Gasteiger partial charge in [-0.05, 0) is 37.6 Å². The molecule has 5 nitrogen and oxygen atoms in total. The normalized spacial score (nSPS) is 18.9. The fraction of sp³-hybridized carbons (Fsp3) is 0.429. The number of aromatic nitrogens is 2. The molecular formula is C14H17N3O2. The van der Waals surface area contributed by atoms with Crippen LogP contribution in [-0.2, 0) is 11.2 Å². The average molecular weight is 259 g/mol. The van der Waals surface area contributed by atoms with E-state index in [9.17, 15) is 4.79 Å². The van der Waals surface area contributed by atoms with Gasteiger partial charge in [-0.2, -0.15) is 0 Å². The van der Waals surface area contributed by atoms with Gasteiger partial charge in [0.15, 0.2) is 0 Å². The van der Waals surface area contributed by atoms with Crippen molar-refractivity contribution >= 4 is 11.5 Å². The number of hydrogen-bond donors (Lipinski definition) is 1. The standard InChI is InChI=1S/C14H17N3O2/c1-19-14(18)11-2-3-12-8-16-13(17(12)9-11)6-10-4-5-15-7-10/h2-3,8-10,15H,4-7H2,1H3. The zero-order valence-electron chi connectivity index (χ0n) is 10.9. The maximum atomic E-state index is 11.6. The largest absolute Gasteiger partial charge is 0.465 e. The number of carbonyl (C=O) groups is 1. The first-order chi connectivity index (χ1) is 9.28. The van der Waals surface area contributed by atoms with Gasteiger partial charge in [-0.25, -0.2) is 9.78 Å². The molecule has 1 unspecified atom stereocenters. The quantitative estimate of drug-likeness (QED) is 0.843. The molecule has 1 aliphatic heterocycles. The topological polar surface area (TPSA) is 55.6 Å². The minimum atomic E-state index is -0.316. The van der Waals surface area contributed by atoms with E-state index in [1.807, 2.05) is 22.9 Å². The van der Waals surface area contributed by atoms with Crippen molar-refractivity contribution in [2.75, 3.05) is 20.2 Å². The van der Waals surface area contributed by atoms with E-state index in [1.165, 1.54) is 13.5 Å². The number of methoxy groups -OCH3 is 1. The molecule has 3 rings (SSSR count). The van der Waals surface area contributed by atoms with Crippen LogP contribution in [0.2, 0.25) is 0 Å². The second-order valence-electron chi connectivity index (χ2n) is 4.94. The summed E-state index contributed by atoms with van der Waals surface area (Å²) in [6.07, 6.45) is 5.78. The summed E-state index contributed by atoms with van der Waals surface area (Å²) >= 11 is 0. The molecule has 2 aromatic heterocycles. The van der Waals surface area contributed by atoms with E-state index >= 15 is 0 Å². The number of nitrogens with one attached hydrogen (secondary N) is 1. The molecule has 5 heteroatoms. The zero-order valence-corrected chi connectivity index (χ0v) is 10.9. The van der Waals surface area contributed by atoms with Crippen LogP contribution in [0.1, 0.15) is 22.6 Å². The van der Waals surface area contributed by atoms with Crippen molar-refractivity contribution in [3.05, 3.63) is 35.9 Å². The predicted octanol–water partition coefficient (Wildman–Crippen LogP) is 1.27. The van der Waals surface area contributed by atoms with E-state index in [0.717, 1.165) is 30.9 Å². The Kier molecular flexibility index (Phi) is 3.21. The summed E-state index contributed by atoms with van der Waals surface area (Å²) in [7, 11) is 1.39. The summed E-state index contributed by atoms with van der Waals surface area (Å²) in [5.74, 6) is 1.32. The lowest BCUT2D eigenvalue weighted by atomic mass is 10.0. The molecule has 0 amide bonds. The Balaban J connectivity index is 1.93. The van der Waals surface area contributed by atoms with Crippen molar-refractivity contribution in [3.63, 3.8) is 0 Å². The van der Waals surface area contributed by atoms with Gasteiger partial charge in [0, 0.05) is 12.6 Å². The average Bonchev–Trinajstić information content (AvgIpc) is 3.08. The minimum absolute atomic E-state index is 0.316.